The van der Waals surface area contributed by atoms with Gasteiger partial charge in [0, 0.05) is 52.3 Å². The minimum Gasteiger partial charge on any atom is -0.481 e. The van der Waals surface area contributed by atoms with E-state index in [1.807, 2.05) is 14.7 Å². The van der Waals surface area contributed by atoms with E-state index in [0.29, 0.717) is 17.1 Å². The molecule has 1 aliphatic carbocycles. The number of hydrogen-bond acceptors (Lipinski definition) is 7. The van der Waals surface area contributed by atoms with E-state index in [9.17, 15) is 9.59 Å². The molecule has 8 nitrogen and oxygen atoms in total. The third-order valence-corrected chi connectivity index (χ3v) is 3.49. The molecule has 4 aliphatic rings. The summed E-state index contributed by atoms with van der Waals surface area (Å²) in [4.78, 5) is 39.5. The van der Waals surface area contributed by atoms with Gasteiger partial charge in [0.1, 0.15) is 11.4 Å². The summed E-state index contributed by atoms with van der Waals surface area (Å²) < 4.78 is 0. The van der Waals surface area contributed by atoms with Crippen LogP contribution in [0.4, 0.5) is 0 Å². The average Bonchev–Trinajstić information content (AvgIpc) is 3.26. The van der Waals surface area contributed by atoms with Crippen molar-refractivity contribution < 1.29 is 19.5 Å². The van der Waals surface area contributed by atoms with Crippen LogP contribution in [0.5, 0.6) is 0 Å². The fourth-order valence-corrected chi connectivity index (χ4v) is 2.28. The summed E-state index contributed by atoms with van der Waals surface area (Å²) in [5.41, 5.74) is 1.89. The molecule has 0 unspecified atom stereocenters. The summed E-state index contributed by atoms with van der Waals surface area (Å²) in [6.45, 7) is 6.49. The van der Waals surface area contributed by atoms with Crippen LogP contribution in [0, 0.1) is 0 Å². The number of carbonyl (C=O) groups is 3. The zero-order valence-corrected chi connectivity index (χ0v) is 12.5. The Balaban J connectivity index is 0.000000319. The number of rotatable bonds is 3. The number of hydrogen-bond donors (Lipinski definition) is 2. The van der Waals surface area contributed by atoms with Crippen LogP contribution in [0.2, 0.25) is 0 Å². The molecule has 0 aromatic carbocycles. The van der Waals surface area contributed by atoms with Crippen LogP contribution in [0.25, 0.3) is 0 Å². The van der Waals surface area contributed by atoms with Gasteiger partial charge in [-0.15, -0.1) is 0 Å². The van der Waals surface area contributed by atoms with E-state index in [1.165, 1.54) is 6.08 Å². The predicted octanol–water partition coefficient (Wildman–Crippen LogP) is -0.567. The Hall–Kier alpha value is -2.35. The van der Waals surface area contributed by atoms with E-state index in [2.05, 4.69) is 0 Å². The van der Waals surface area contributed by atoms with E-state index in [4.69, 9.17) is 9.90 Å². The molecule has 0 radical (unpaired) electrons. The Kier molecular flexibility index (Phi) is 4.23. The van der Waals surface area contributed by atoms with Gasteiger partial charge in [-0.25, -0.2) is 0 Å². The molecule has 120 valence electrons. The number of ketones is 2. The van der Waals surface area contributed by atoms with Gasteiger partial charge in [0.2, 0.25) is 11.6 Å². The summed E-state index contributed by atoms with van der Waals surface area (Å²) in [7, 11) is 0. The first-order chi connectivity index (χ1) is 9.99. The van der Waals surface area contributed by atoms with Gasteiger partial charge in [0.05, 0.1) is 5.70 Å². The van der Waals surface area contributed by atoms with Crippen LogP contribution in [0.1, 0.15) is 6.92 Å². The number of Topliss-reactive ketones (excluding diaryl/α,β-unsaturated/α-hetero) is 1. The Morgan fingerprint density at radius 1 is 0.955 bits per heavy atom. The van der Waals surface area contributed by atoms with Crippen molar-refractivity contribution in [1.82, 2.24) is 20.9 Å². The van der Waals surface area contributed by atoms with Crippen molar-refractivity contribution in [1.29, 1.82) is 0 Å². The third kappa shape index (κ3) is 3.28. The Bertz CT molecular complexity index is 580. The highest BCUT2D eigenvalue weighted by Crippen LogP contribution is 2.33. The first kappa shape index (κ1) is 16.0. The van der Waals surface area contributed by atoms with E-state index in [1.54, 1.807) is 0 Å². The first-order valence-corrected chi connectivity index (χ1v) is 6.98. The fourth-order valence-electron chi connectivity index (χ4n) is 2.28. The van der Waals surface area contributed by atoms with Crippen LogP contribution in [-0.2, 0) is 14.4 Å². The summed E-state index contributed by atoms with van der Waals surface area (Å²) in [6.07, 6.45) is 1.52. The molecule has 3 fully saturated rings. The molecular weight excluding hydrogens is 288 g/mol. The summed E-state index contributed by atoms with van der Waals surface area (Å²) in [5.74, 6) is -0.785. The number of carbonyl (C=O) groups excluding carboxylic acids is 2. The molecule has 0 amide bonds. The van der Waals surface area contributed by atoms with E-state index >= 15 is 0 Å². The van der Waals surface area contributed by atoms with Gasteiger partial charge in [0.15, 0.2) is 0 Å². The highest BCUT2D eigenvalue weighted by Gasteiger charge is 2.43. The number of allylic oxidation sites excluding steroid dienone is 1. The van der Waals surface area contributed by atoms with Gasteiger partial charge >= 0.3 is 0 Å². The van der Waals surface area contributed by atoms with Crippen LogP contribution < -0.4 is 6.15 Å². The van der Waals surface area contributed by atoms with Crippen molar-refractivity contribution in [2.75, 3.05) is 39.3 Å². The summed E-state index contributed by atoms with van der Waals surface area (Å²) >= 11 is 0. The lowest BCUT2D eigenvalue weighted by Gasteiger charge is -2.21. The highest BCUT2D eigenvalue weighted by molar-refractivity contribution is 6.22. The average molecular weight is 308 g/mol. The van der Waals surface area contributed by atoms with Crippen molar-refractivity contribution in [2.24, 2.45) is 0 Å². The normalized spacial score (nSPS) is 21.7. The minimum atomic E-state index is -0.833. The van der Waals surface area contributed by atoms with Crippen molar-refractivity contribution in [3.63, 3.8) is 0 Å². The molecule has 8 heteroatoms. The molecule has 0 atom stereocenters. The Morgan fingerprint density at radius 3 is 1.77 bits per heavy atom. The van der Waals surface area contributed by atoms with E-state index in [0.717, 1.165) is 46.2 Å². The highest BCUT2D eigenvalue weighted by atomic mass is 16.4. The van der Waals surface area contributed by atoms with Crippen LogP contribution >= 0.6 is 0 Å². The summed E-state index contributed by atoms with van der Waals surface area (Å²) in [6, 6.07) is 0. The quantitative estimate of drug-likeness (QED) is 0.526. The second-order valence-electron chi connectivity index (χ2n) is 5.40. The fraction of sp³-hybridized carbons (Fsp3) is 0.500. The molecule has 0 saturated carbocycles. The maximum atomic E-state index is 12.4. The number of carboxylic acids is 1. The van der Waals surface area contributed by atoms with Gasteiger partial charge < -0.3 is 26.0 Å². The maximum absolute atomic E-state index is 12.4. The first-order valence-electron chi connectivity index (χ1n) is 6.98. The van der Waals surface area contributed by atoms with Crippen molar-refractivity contribution in [3.8, 4) is 0 Å². The van der Waals surface area contributed by atoms with Gasteiger partial charge in [-0.3, -0.25) is 14.4 Å². The second kappa shape index (κ2) is 5.80. The molecule has 4 N–H and O–H groups in total. The largest absolute Gasteiger partial charge is 0.481 e. The van der Waals surface area contributed by atoms with Crippen molar-refractivity contribution >= 4 is 17.5 Å². The zero-order valence-electron chi connectivity index (χ0n) is 12.5. The molecule has 3 saturated heterocycles. The molecule has 0 bridgehead atoms. The number of carboxylic acid groups (broad SMARTS) is 1. The van der Waals surface area contributed by atoms with E-state index in [-0.39, 0.29) is 17.7 Å². The predicted molar refractivity (Wildman–Crippen MR) is 78.2 cm³/mol. The molecule has 3 aliphatic heterocycles. The van der Waals surface area contributed by atoms with Crippen molar-refractivity contribution in [3.05, 3.63) is 23.2 Å². The Labute approximate surface area is 128 Å². The standard InChI is InChI=1S/C12H13N3O2.C2H4O2.H3N/c16-9-7-8(13-1-2-13)12(17)11(15-5-6-15)10(9)14-3-4-14;1-2(3)4;/h7H,1-6H2;1H3,(H,3,4);1H3. The molecule has 0 spiro atoms. The molecule has 4 rings (SSSR count). The molecule has 22 heavy (non-hydrogen) atoms. The molecular formula is C14H20N4O4. The number of aliphatic carboxylic acids is 1. The molecule has 0 aromatic heterocycles. The lowest BCUT2D eigenvalue weighted by atomic mass is 10.0. The monoisotopic (exact) mass is 308 g/mol. The number of nitrogens with zero attached hydrogens (tertiary/aromatic N) is 3. The molecule has 0 aromatic rings. The Morgan fingerprint density at radius 2 is 1.36 bits per heavy atom. The van der Waals surface area contributed by atoms with Gasteiger partial charge in [0.25, 0.3) is 5.97 Å². The van der Waals surface area contributed by atoms with Gasteiger partial charge in [-0.05, 0) is 0 Å². The van der Waals surface area contributed by atoms with Crippen LogP contribution in [-0.4, -0.2) is 76.6 Å². The lowest BCUT2D eigenvalue weighted by Crippen LogP contribution is -2.29. The van der Waals surface area contributed by atoms with E-state index < -0.39 is 5.97 Å². The van der Waals surface area contributed by atoms with Crippen LogP contribution in [0.15, 0.2) is 23.2 Å². The second-order valence-corrected chi connectivity index (χ2v) is 5.40. The maximum Gasteiger partial charge on any atom is 0.300 e. The SMILES string of the molecule is CC(=O)O.N.O=C1C=C(N2CC2)C(=O)C(N2CC2)=C1N1CC1. The topological polar surface area (TPSA) is 115 Å². The summed E-state index contributed by atoms with van der Waals surface area (Å²) in [5, 5.41) is 7.42. The molecule has 3 heterocycles. The zero-order chi connectivity index (χ0) is 15.1. The third-order valence-electron chi connectivity index (χ3n) is 3.49. The van der Waals surface area contributed by atoms with Crippen molar-refractivity contribution in [2.45, 2.75) is 6.92 Å². The van der Waals surface area contributed by atoms with Crippen LogP contribution in [0.3, 0.4) is 0 Å². The smallest absolute Gasteiger partial charge is 0.300 e. The minimum absolute atomic E-state index is 0. The lowest BCUT2D eigenvalue weighted by molar-refractivity contribution is -0.134. The van der Waals surface area contributed by atoms with Gasteiger partial charge in [-0.2, -0.15) is 0 Å². The van der Waals surface area contributed by atoms with Gasteiger partial charge in [-0.1, -0.05) is 0 Å².